The Morgan fingerprint density at radius 1 is 1.28 bits per heavy atom. The van der Waals surface area contributed by atoms with Crippen LogP contribution in [0.5, 0.6) is 0 Å². The van der Waals surface area contributed by atoms with Crippen molar-refractivity contribution in [1.29, 1.82) is 0 Å². The summed E-state index contributed by atoms with van der Waals surface area (Å²) in [6.45, 7) is 5.01. The molecule has 2 atom stereocenters. The van der Waals surface area contributed by atoms with E-state index in [1.165, 1.54) is 6.92 Å². The molecule has 98 valence electrons. The first-order valence-corrected chi connectivity index (χ1v) is 5.62. The Morgan fingerprint density at radius 2 is 1.89 bits per heavy atom. The molecule has 0 aromatic heterocycles. The van der Waals surface area contributed by atoms with Gasteiger partial charge in [-0.1, -0.05) is 17.7 Å². The summed E-state index contributed by atoms with van der Waals surface area (Å²) >= 11 is 0. The van der Waals surface area contributed by atoms with E-state index in [0.29, 0.717) is 5.56 Å². The first-order valence-electron chi connectivity index (χ1n) is 5.62. The van der Waals surface area contributed by atoms with Crippen molar-refractivity contribution in [3.8, 4) is 0 Å². The van der Waals surface area contributed by atoms with Gasteiger partial charge in [-0.15, -0.1) is 0 Å². The molecule has 0 spiro atoms. The summed E-state index contributed by atoms with van der Waals surface area (Å²) in [5.74, 6) is -1.76. The standard InChI is InChI=1S/C13H17NO4/c1-7-4-5-10(8(2)6-7)12(16)14-11(9(3)15)13(17)18/h4-6,9,11,15H,1-3H3,(H,14,16)(H,17,18). The molecule has 5 nitrogen and oxygen atoms in total. The van der Waals surface area contributed by atoms with E-state index in [9.17, 15) is 14.7 Å². The number of rotatable bonds is 4. The lowest BCUT2D eigenvalue weighted by atomic mass is 10.0. The molecular weight excluding hydrogens is 234 g/mol. The topological polar surface area (TPSA) is 86.6 Å². The third-order valence-electron chi connectivity index (χ3n) is 2.66. The van der Waals surface area contributed by atoms with Crippen LogP contribution in [0.4, 0.5) is 0 Å². The molecule has 3 N–H and O–H groups in total. The predicted octanol–water partition coefficient (Wildman–Crippen LogP) is 0.867. The predicted molar refractivity (Wildman–Crippen MR) is 66.5 cm³/mol. The molecule has 1 aromatic carbocycles. The number of nitrogens with one attached hydrogen (secondary N) is 1. The molecule has 0 aliphatic rings. The zero-order valence-corrected chi connectivity index (χ0v) is 10.6. The average molecular weight is 251 g/mol. The molecule has 0 fully saturated rings. The van der Waals surface area contributed by atoms with E-state index in [-0.39, 0.29) is 0 Å². The van der Waals surface area contributed by atoms with Crippen molar-refractivity contribution in [3.63, 3.8) is 0 Å². The number of carboxylic acid groups (broad SMARTS) is 1. The maximum atomic E-state index is 11.9. The molecule has 0 saturated heterocycles. The van der Waals surface area contributed by atoms with Gasteiger partial charge in [0, 0.05) is 5.56 Å². The molecule has 0 aliphatic heterocycles. The third-order valence-corrected chi connectivity index (χ3v) is 2.66. The molecule has 0 heterocycles. The summed E-state index contributed by atoms with van der Waals surface area (Å²) in [6, 6.07) is 3.95. The van der Waals surface area contributed by atoms with E-state index in [0.717, 1.165) is 11.1 Å². The molecule has 1 amide bonds. The highest BCUT2D eigenvalue weighted by molar-refractivity contribution is 5.97. The first kappa shape index (κ1) is 14.2. The highest BCUT2D eigenvalue weighted by atomic mass is 16.4. The summed E-state index contributed by atoms with van der Waals surface area (Å²) in [7, 11) is 0. The third kappa shape index (κ3) is 3.30. The van der Waals surface area contributed by atoms with Crippen molar-refractivity contribution in [2.24, 2.45) is 0 Å². The van der Waals surface area contributed by atoms with E-state index in [4.69, 9.17) is 5.11 Å². The van der Waals surface area contributed by atoms with Crippen LogP contribution < -0.4 is 5.32 Å². The molecule has 0 saturated carbocycles. The second kappa shape index (κ2) is 5.64. The SMILES string of the molecule is Cc1ccc(C(=O)NC(C(=O)O)C(C)O)c(C)c1. The number of carbonyl (C=O) groups excluding carboxylic acids is 1. The second-order valence-electron chi connectivity index (χ2n) is 4.35. The number of hydrogen-bond acceptors (Lipinski definition) is 3. The van der Waals surface area contributed by atoms with Gasteiger partial charge in [0.2, 0.25) is 0 Å². The van der Waals surface area contributed by atoms with Gasteiger partial charge in [-0.25, -0.2) is 4.79 Å². The van der Waals surface area contributed by atoms with Crippen LogP contribution in [0.1, 0.15) is 28.4 Å². The summed E-state index contributed by atoms with van der Waals surface area (Å²) in [4.78, 5) is 22.8. The molecule has 2 unspecified atom stereocenters. The molecule has 1 rings (SSSR count). The zero-order chi connectivity index (χ0) is 13.9. The second-order valence-corrected chi connectivity index (χ2v) is 4.35. The number of aryl methyl sites for hydroxylation is 2. The Bertz CT molecular complexity index is 468. The Hall–Kier alpha value is -1.88. The summed E-state index contributed by atoms with van der Waals surface area (Å²) in [5, 5.41) is 20.5. The van der Waals surface area contributed by atoms with Gasteiger partial charge < -0.3 is 15.5 Å². The minimum atomic E-state index is -1.31. The number of carbonyl (C=O) groups is 2. The zero-order valence-electron chi connectivity index (χ0n) is 10.6. The summed E-state index contributed by atoms with van der Waals surface area (Å²) in [6.07, 6.45) is -1.16. The molecule has 1 aromatic rings. The number of benzene rings is 1. The van der Waals surface area contributed by atoms with Gasteiger partial charge in [-0.3, -0.25) is 4.79 Å². The van der Waals surface area contributed by atoms with E-state index in [2.05, 4.69) is 5.32 Å². The van der Waals surface area contributed by atoms with Crippen molar-refractivity contribution in [2.75, 3.05) is 0 Å². The van der Waals surface area contributed by atoms with Gasteiger partial charge in [0.05, 0.1) is 6.10 Å². The van der Waals surface area contributed by atoms with Crippen LogP contribution in [-0.2, 0) is 4.79 Å². The Morgan fingerprint density at radius 3 is 2.33 bits per heavy atom. The molecule has 0 radical (unpaired) electrons. The van der Waals surface area contributed by atoms with Gasteiger partial charge >= 0.3 is 5.97 Å². The van der Waals surface area contributed by atoms with Crippen molar-refractivity contribution in [2.45, 2.75) is 32.9 Å². The lowest BCUT2D eigenvalue weighted by molar-refractivity contribution is -0.141. The van der Waals surface area contributed by atoms with Gasteiger partial charge in [0.15, 0.2) is 6.04 Å². The number of aliphatic carboxylic acids is 1. The first-order chi connectivity index (χ1) is 8.32. The van der Waals surface area contributed by atoms with Crippen LogP contribution in [0.3, 0.4) is 0 Å². The minimum Gasteiger partial charge on any atom is -0.480 e. The van der Waals surface area contributed by atoms with Crippen molar-refractivity contribution in [3.05, 3.63) is 34.9 Å². The maximum absolute atomic E-state index is 11.9. The molecule has 0 bridgehead atoms. The number of hydrogen-bond donors (Lipinski definition) is 3. The summed E-state index contributed by atoms with van der Waals surface area (Å²) < 4.78 is 0. The van der Waals surface area contributed by atoms with Crippen molar-refractivity contribution < 1.29 is 19.8 Å². The fourth-order valence-corrected chi connectivity index (χ4v) is 1.68. The lowest BCUT2D eigenvalue weighted by Crippen LogP contribution is -2.47. The van der Waals surface area contributed by atoms with E-state index < -0.39 is 24.0 Å². The molecule has 5 heteroatoms. The highest BCUT2D eigenvalue weighted by Crippen LogP contribution is 2.11. The smallest absolute Gasteiger partial charge is 0.328 e. The normalized spacial score (nSPS) is 13.8. The van der Waals surface area contributed by atoms with Crippen LogP contribution in [0.15, 0.2) is 18.2 Å². The van der Waals surface area contributed by atoms with Gasteiger partial charge in [-0.2, -0.15) is 0 Å². The van der Waals surface area contributed by atoms with Gasteiger partial charge in [-0.05, 0) is 32.4 Å². The Balaban J connectivity index is 2.91. The number of amides is 1. The largest absolute Gasteiger partial charge is 0.480 e. The highest BCUT2D eigenvalue weighted by Gasteiger charge is 2.25. The number of aliphatic hydroxyl groups excluding tert-OH is 1. The fourth-order valence-electron chi connectivity index (χ4n) is 1.68. The average Bonchev–Trinajstić information content (AvgIpc) is 2.24. The van der Waals surface area contributed by atoms with Crippen LogP contribution in [-0.4, -0.2) is 34.2 Å². The minimum absolute atomic E-state index is 0.410. The monoisotopic (exact) mass is 251 g/mol. The van der Waals surface area contributed by atoms with E-state index in [1.54, 1.807) is 19.1 Å². The number of aliphatic hydroxyl groups is 1. The van der Waals surface area contributed by atoms with Gasteiger partial charge in [0.1, 0.15) is 0 Å². The molecule has 18 heavy (non-hydrogen) atoms. The van der Waals surface area contributed by atoms with Crippen LogP contribution in [0.2, 0.25) is 0 Å². The van der Waals surface area contributed by atoms with E-state index >= 15 is 0 Å². The van der Waals surface area contributed by atoms with Crippen LogP contribution in [0, 0.1) is 13.8 Å². The summed E-state index contributed by atoms with van der Waals surface area (Å²) in [5.41, 5.74) is 2.20. The Kier molecular flexibility index (Phi) is 4.44. The van der Waals surface area contributed by atoms with Crippen LogP contribution in [0.25, 0.3) is 0 Å². The quantitative estimate of drug-likeness (QED) is 0.741. The lowest BCUT2D eigenvalue weighted by Gasteiger charge is -2.17. The molecular formula is C13H17NO4. The number of carboxylic acids is 1. The van der Waals surface area contributed by atoms with E-state index in [1.807, 2.05) is 13.0 Å². The Labute approximate surface area is 105 Å². The van der Waals surface area contributed by atoms with Crippen molar-refractivity contribution >= 4 is 11.9 Å². The van der Waals surface area contributed by atoms with Gasteiger partial charge in [0.25, 0.3) is 5.91 Å². The molecule has 0 aliphatic carbocycles. The fraction of sp³-hybridized carbons (Fsp3) is 0.385. The van der Waals surface area contributed by atoms with Crippen LogP contribution >= 0.6 is 0 Å². The maximum Gasteiger partial charge on any atom is 0.328 e. The van der Waals surface area contributed by atoms with Crippen molar-refractivity contribution in [1.82, 2.24) is 5.32 Å².